The molecule has 1 heterocycles. The van der Waals surface area contributed by atoms with Gasteiger partial charge in [0.15, 0.2) is 10.8 Å². The van der Waals surface area contributed by atoms with E-state index in [4.69, 9.17) is 0 Å². The predicted octanol–water partition coefficient (Wildman–Crippen LogP) is 4.01. The molecular formula is C14H24N2O2S. The quantitative estimate of drug-likeness (QED) is 0.550. The molecule has 0 aliphatic rings. The van der Waals surface area contributed by atoms with Gasteiger partial charge in [-0.25, -0.2) is 9.78 Å². The van der Waals surface area contributed by atoms with Gasteiger partial charge >= 0.3 is 5.97 Å². The first-order valence-corrected chi connectivity index (χ1v) is 7.80. The molecule has 1 aromatic heterocycles. The maximum atomic E-state index is 11.4. The van der Waals surface area contributed by atoms with E-state index >= 15 is 0 Å². The number of thiazole rings is 1. The molecule has 0 saturated heterocycles. The topological polar surface area (TPSA) is 51.2 Å². The van der Waals surface area contributed by atoms with Crippen molar-refractivity contribution in [1.29, 1.82) is 0 Å². The van der Waals surface area contributed by atoms with Crippen molar-refractivity contribution in [1.82, 2.24) is 4.98 Å². The lowest BCUT2D eigenvalue weighted by atomic mass is 10.1. The second-order valence-corrected chi connectivity index (χ2v) is 5.81. The Hall–Kier alpha value is -1.10. The highest BCUT2D eigenvalue weighted by atomic mass is 32.1. The summed E-state index contributed by atoms with van der Waals surface area (Å²) < 4.78 is 4.69. The van der Waals surface area contributed by atoms with E-state index < -0.39 is 0 Å². The number of anilines is 1. The number of hydrogen-bond donors (Lipinski definition) is 1. The van der Waals surface area contributed by atoms with Crippen molar-refractivity contribution in [2.24, 2.45) is 0 Å². The van der Waals surface area contributed by atoms with Gasteiger partial charge in [-0.3, -0.25) is 0 Å². The normalized spacial score (nSPS) is 10.5. The molecule has 0 aliphatic heterocycles. The van der Waals surface area contributed by atoms with E-state index in [0.29, 0.717) is 5.69 Å². The molecule has 0 unspecified atom stereocenters. The molecule has 0 bridgehead atoms. The van der Waals surface area contributed by atoms with Crippen LogP contribution in [-0.2, 0) is 4.74 Å². The highest BCUT2D eigenvalue weighted by Crippen LogP contribution is 2.22. The molecule has 108 valence electrons. The number of nitrogens with zero attached hydrogens (tertiary/aromatic N) is 1. The Balaban J connectivity index is 2.25. The van der Waals surface area contributed by atoms with Crippen LogP contribution in [0.15, 0.2) is 0 Å². The summed E-state index contributed by atoms with van der Waals surface area (Å²) in [5, 5.41) is 4.09. The van der Waals surface area contributed by atoms with E-state index in [1.54, 1.807) is 0 Å². The van der Waals surface area contributed by atoms with Crippen molar-refractivity contribution in [3.63, 3.8) is 0 Å². The molecule has 0 radical (unpaired) electrons. The average molecular weight is 284 g/mol. The van der Waals surface area contributed by atoms with E-state index in [-0.39, 0.29) is 5.97 Å². The molecule has 0 fully saturated rings. The zero-order chi connectivity index (χ0) is 14.1. The molecule has 1 rings (SSSR count). The van der Waals surface area contributed by atoms with Gasteiger partial charge in [-0.1, -0.05) is 39.0 Å². The van der Waals surface area contributed by atoms with Crippen molar-refractivity contribution in [2.45, 2.75) is 52.4 Å². The van der Waals surface area contributed by atoms with Crippen molar-refractivity contribution in [3.8, 4) is 0 Å². The number of hydrogen-bond acceptors (Lipinski definition) is 5. The Morgan fingerprint density at radius 3 is 2.63 bits per heavy atom. The zero-order valence-corrected chi connectivity index (χ0v) is 12.9. The summed E-state index contributed by atoms with van der Waals surface area (Å²) in [7, 11) is 1.38. The molecule has 0 amide bonds. The summed E-state index contributed by atoms with van der Waals surface area (Å²) in [5.74, 6) is -0.360. The Morgan fingerprint density at radius 1 is 1.26 bits per heavy atom. The second kappa shape index (κ2) is 8.91. The van der Waals surface area contributed by atoms with E-state index in [1.807, 2.05) is 6.92 Å². The van der Waals surface area contributed by atoms with Crippen LogP contribution in [0.1, 0.15) is 60.8 Å². The minimum Gasteiger partial charge on any atom is -0.464 e. The maximum absolute atomic E-state index is 11.4. The number of ether oxygens (including phenoxy) is 1. The molecule has 1 aromatic rings. The molecule has 19 heavy (non-hydrogen) atoms. The first kappa shape index (κ1) is 16.0. The Morgan fingerprint density at radius 2 is 1.95 bits per heavy atom. The Kier molecular flexibility index (Phi) is 7.48. The number of aryl methyl sites for hydroxylation is 1. The van der Waals surface area contributed by atoms with E-state index in [1.165, 1.54) is 50.6 Å². The smallest absolute Gasteiger partial charge is 0.357 e. The second-order valence-electron chi connectivity index (χ2n) is 4.61. The largest absolute Gasteiger partial charge is 0.464 e. The van der Waals surface area contributed by atoms with Crippen molar-refractivity contribution in [3.05, 3.63) is 10.6 Å². The van der Waals surface area contributed by atoms with Crippen LogP contribution in [0, 0.1) is 6.92 Å². The van der Waals surface area contributed by atoms with Gasteiger partial charge in [0.2, 0.25) is 0 Å². The van der Waals surface area contributed by atoms with Gasteiger partial charge in [-0.05, 0) is 13.3 Å². The van der Waals surface area contributed by atoms with Crippen LogP contribution in [0.4, 0.5) is 5.13 Å². The van der Waals surface area contributed by atoms with Crippen molar-refractivity contribution >= 4 is 22.4 Å². The van der Waals surface area contributed by atoms with Crippen LogP contribution in [0.2, 0.25) is 0 Å². The number of carbonyl (C=O) groups is 1. The minimum absolute atomic E-state index is 0.360. The van der Waals surface area contributed by atoms with Crippen LogP contribution >= 0.6 is 11.3 Å². The standard InChI is InChI=1S/C14H24N2O2S/c1-4-5-6-7-8-9-10-15-14-16-12(11(2)19-14)13(17)18-3/h4-10H2,1-3H3,(H,15,16). The van der Waals surface area contributed by atoms with Gasteiger partial charge in [0, 0.05) is 11.4 Å². The Bertz CT molecular complexity index is 391. The number of unbranched alkanes of at least 4 members (excludes halogenated alkanes) is 5. The van der Waals surface area contributed by atoms with Gasteiger partial charge < -0.3 is 10.1 Å². The van der Waals surface area contributed by atoms with E-state index in [9.17, 15) is 4.79 Å². The van der Waals surface area contributed by atoms with Gasteiger partial charge in [0.1, 0.15) is 0 Å². The van der Waals surface area contributed by atoms with Crippen molar-refractivity contribution in [2.75, 3.05) is 19.0 Å². The lowest BCUT2D eigenvalue weighted by Crippen LogP contribution is -2.05. The fourth-order valence-corrected chi connectivity index (χ4v) is 2.69. The number of rotatable bonds is 9. The minimum atomic E-state index is -0.360. The van der Waals surface area contributed by atoms with E-state index in [0.717, 1.165) is 23.0 Å². The summed E-state index contributed by atoms with van der Waals surface area (Å²) in [6.45, 7) is 5.03. The van der Waals surface area contributed by atoms with Crippen LogP contribution in [0.5, 0.6) is 0 Å². The molecule has 0 atom stereocenters. The number of esters is 1. The third-order valence-corrected chi connectivity index (χ3v) is 3.91. The lowest BCUT2D eigenvalue weighted by molar-refractivity contribution is 0.0594. The number of nitrogens with one attached hydrogen (secondary N) is 1. The monoisotopic (exact) mass is 284 g/mol. The van der Waals surface area contributed by atoms with Crippen LogP contribution in [-0.4, -0.2) is 24.6 Å². The summed E-state index contributed by atoms with van der Waals surface area (Å²) in [5.41, 5.74) is 0.429. The number of methoxy groups -OCH3 is 1. The van der Waals surface area contributed by atoms with Crippen LogP contribution < -0.4 is 5.32 Å². The molecule has 0 aliphatic carbocycles. The number of aromatic nitrogens is 1. The highest BCUT2D eigenvalue weighted by molar-refractivity contribution is 7.15. The van der Waals surface area contributed by atoms with Crippen LogP contribution in [0.25, 0.3) is 0 Å². The lowest BCUT2D eigenvalue weighted by Gasteiger charge is -2.02. The highest BCUT2D eigenvalue weighted by Gasteiger charge is 2.15. The maximum Gasteiger partial charge on any atom is 0.357 e. The van der Waals surface area contributed by atoms with Crippen molar-refractivity contribution < 1.29 is 9.53 Å². The molecule has 0 saturated carbocycles. The zero-order valence-electron chi connectivity index (χ0n) is 12.1. The third-order valence-electron chi connectivity index (χ3n) is 2.98. The molecular weight excluding hydrogens is 260 g/mol. The summed E-state index contributed by atoms with van der Waals surface area (Å²) in [4.78, 5) is 16.6. The van der Waals surface area contributed by atoms with Crippen LogP contribution in [0.3, 0.4) is 0 Å². The fraction of sp³-hybridized carbons (Fsp3) is 0.714. The third kappa shape index (κ3) is 5.59. The molecule has 0 spiro atoms. The molecule has 1 N–H and O–H groups in total. The summed E-state index contributed by atoms with van der Waals surface area (Å²) >= 11 is 1.51. The first-order chi connectivity index (χ1) is 9.19. The summed E-state index contributed by atoms with van der Waals surface area (Å²) in [6, 6.07) is 0. The van der Waals surface area contributed by atoms with Gasteiger partial charge in [0.05, 0.1) is 7.11 Å². The molecule has 4 nitrogen and oxygen atoms in total. The molecule has 0 aromatic carbocycles. The van der Waals surface area contributed by atoms with Gasteiger partial charge in [-0.15, -0.1) is 11.3 Å². The SMILES string of the molecule is CCCCCCCCNc1nc(C(=O)OC)c(C)s1. The predicted molar refractivity (Wildman–Crippen MR) is 80.1 cm³/mol. The fourth-order valence-electron chi connectivity index (χ4n) is 1.86. The average Bonchev–Trinajstić information content (AvgIpc) is 2.78. The van der Waals surface area contributed by atoms with Gasteiger partial charge in [-0.2, -0.15) is 0 Å². The van der Waals surface area contributed by atoms with Gasteiger partial charge in [0.25, 0.3) is 0 Å². The van der Waals surface area contributed by atoms with E-state index in [2.05, 4.69) is 22.0 Å². The summed E-state index contributed by atoms with van der Waals surface area (Å²) in [6.07, 6.45) is 7.66. The number of carbonyl (C=O) groups excluding carboxylic acids is 1. The Labute approximate surface area is 119 Å². The molecule has 5 heteroatoms. The first-order valence-electron chi connectivity index (χ1n) is 6.98.